The third kappa shape index (κ3) is 7.76. The first kappa shape index (κ1) is 25.6. The molecule has 1 fully saturated rings. The highest BCUT2D eigenvalue weighted by Crippen LogP contribution is 2.20. The normalized spacial score (nSPS) is 13.8. The van der Waals surface area contributed by atoms with Crippen molar-refractivity contribution in [2.45, 2.75) is 26.3 Å². The van der Waals surface area contributed by atoms with Gasteiger partial charge in [-0.2, -0.15) is 0 Å². The van der Waals surface area contributed by atoms with Gasteiger partial charge in [-0.05, 0) is 45.0 Å². The number of furan rings is 1. The number of nitrogens with zero attached hydrogens (tertiary/aromatic N) is 4. The Hall–Kier alpha value is -3.66. The summed E-state index contributed by atoms with van der Waals surface area (Å²) in [5.41, 5.74) is 0.770. The molecule has 33 heavy (non-hydrogen) atoms. The first-order chi connectivity index (χ1) is 16.0. The molecule has 3 heterocycles. The molecule has 0 atom stereocenters. The van der Waals surface area contributed by atoms with Gasteiger partial charge in [-0.3, -0.25) is 14.4 Å². The molecular weight excluding hydrogens is 428 g/mol. The molecule has 0 aliphatic carbocycles. The van der Waals surface area contributed by atoms with Gasteiger partial charge in [-0.15, -0.1) is 0 Å². The molecule has 10 nitrogen and oxygen atoms in total. The van der Waals surface area contributed by atoms with Crippen molar-refractivity contribution in [3.8, 4) is 0 Å². The molecule has 10 heteroatoms. The predicted octanol–water partition coefficient (Wildman–Crippen LogP) is 2.58. The zero-order valence-corrected chi connectivity index (χ0v) is 18.7. The van der Waals surface area contributed by atoms with Crippen molar-refractivity contribution in [1.82, 2.24) is 19.4 Å². The first-order valence-electron chi connectivity index (χ1n) is 10.7. The van der Waals surface area contributed by atoms with Crippen LogP contribution in [-0.2, 0) is 16.1 Å². The van der Waals surface area contributed by atoms with Gasteiger partial charge in [0, 0.05) is 44.0 Å². The van der Waals surface area contributed by atoms with Crippen LogP contribution >= 0.6 is 0 Å². The van der Waals surface area contributed by atoms with Crippen LogP contribution < -0.4 is 0 Å². The van der Waals surface area contributed by atoms with Gasteiger partial charge in [0.25, 0.3) is 18.9 Å². The Kier molecular flexibility index (Phi) is 10.6. The number of hydrogen-bond donors (Lipinski definition) is 2. The van der Waals surface area contributed by atoms with Crippen LogP contribution in [0.15, 0.2) is 47.1 Å². The van der Waals surface area contributed by atoms with Crippen LogP contribution in [0.5, 0.6) is 0 Å². The first-order valence-corrected chi connectivity index (χ1v) is 10.7. The Bertz CT molecular complexity index is 976. The summed E-state index contributed by atoms with van der Waals surface area (Å²) in [7, 11) is 0. The standard InChI is InChI=1S/C21H26N4O2.2CH2O2/c1-17-22-8-13-24(17)11-4-9-23-10-5-12-25(15-14-23)21(26)20-16-18-6-2-3-7-19(18)27-20;2*2-1-3/h2-3,6-8,13,16H,4-5,9-12,14-15H2,1H3;2*1H,(H,2,3). The van der Waals surface area contributed by atoms with E-state index in [-0.39, 0.29) is 18.9 Å². The van der Waals surface area contributed by atoms with Crippen molar-refractivity contribution in [3.63, 3.8) is 0 Å². The topological polar surface area (TPSA) is 129 Å². The molecule has 4 rings (SSSR count). The summed E-state index contributed by atoms with van der Waals surface area (Å²) < 4.78 is 7.94. The molecule has 0 unspecified atom stereocenters. The highest BCUT2D eigenvalue weighted by molar-refractivity contribution is 5.96. The van der Waals surface area contributed by atoms with Crippen molar-refractivity contribution < 1.29 is 29.0 Å². The van der Waals surface area contributed by atoms with Crippen molar-refractivity contribution in [1.29, 1.82) is 0 Å². The lowest BCUT2D eigenvalue weighted by atomic mass is 10.2. The van der Waals surface area contributed by atoms with Crippen LogP contribution in [0.1, 0.15) is 29.2 Å². The molecule has 1 amide bonds. The number of aromatic nitrogens is 2. The number of fused-ring (bicyclic) bond motifs is 1. The number of rotatable bonds is 5. The molecule has 178 valence electrons. The largest absolute Gasteiger partial charge is 0.483 e. The molecule has 0 saturated carbocycles. The highest BCUT2D eigenvalue weighted by Gasteiger charge is 2.22. The molecule has 3 aromatic rings. The second kappa shape index (κ2) is 13.7. The van der Waals surface area contributed by atoms with Crippen molar-refractivity contribution in [2.24, 2.45) is 0 Å². The Balaban J connectivity index is 0.000000582. The van der Waals surface area contributed by atoms with E-state index in [9.17, 15) is 4.79 Å². The molecule has 0 bridgehead atoms. The Morgan fingerprint density at radius 2 is 1.82 bits per heavy atom. The minimum Gasteiger partial charge on any atom is -0.483 e. The van der Waals surface area contributed by atoms with E-state index >= 15 is 0 Å². The molecule has 0 spiro atoms. The molecule has 0 radical (unpaired) electrons. The number of carboxylic acid groups (broad SMARTS) is 2. The fourth-order valence-electron chi connectivity index (χ4n) is 3.75. The van der Waals surface area contributed by atoms with E-state index in [4.69, 9.17) is 24.2 Å². The quantitative estimate of drug-likeness (QED) is 0.558. The van der Waals surface area contributed by atoms with Crippen LogP contribution in [0.3, 0.4) is 0 Å². The fourth-order valence-corrected chi connectivity index (χ4v) is 3.75. The highest BCUT2D eigenvalue weighted by atomic mass is 16.4. The maximum Gasteiger partial charge on any atom is 0.290 e. The smallest absolute Gasteiger partial charge is 0.290 e. The van der Waals surface area contributed by atoms with Gasteiger partial charge in [0.2, 0.25) is 0 Å². The Morgan fingerprint density at radius 3 is 2.48 bits per heavy atom. The number of benzene rings is 1. The van der Waals surface area contributed by atoms with Crippen LogP contribution in [-0.4, -0.2) is 81.1 Å². The van der Waals surface area contributed by atoms with Crippen LogP contribution in [0.4, 0.5) is 0 Å². The number of hydrogen-bond acceptors (Lipinski definition) is 6. The number of carbonyl (C=O) groups is 3. The number of para-hydroxylation sites is 1. The van der Waals surface area contributed by atoms with E-state index in [0.29, 0.717) is 5.76 Å². The fraction of sp³-hybridized carbons (Fsp3) is 0.391. The second-order valence-electron chi connectivity index (χ2n) is 7.37. The third-order valence-corrected chi connectivity index (χ3v) is 5.31. The average Bonchev–Trinajstić information content (AvgIpc) is 3.34. The molecule has 1 aromatic carbocycles. The maximum atomic E-state index is 12.8. The monoisotopic (exact) mass is 458 g/mol. The summed E-state index contributed by atoms with van der Waals surface area (Å²) >= 11 is 0. The lowest BCUT2D eigenvalue weighted by Crippen LogP contribution is -2.35. The molecule has 1 aliphatic rings. The Morgan fingerprint density at radius 1 is 1.09 bits per heavy atom. The minimum absolute atomic E-state index is 0.00194. The van der Waals surface area contributed by atoms with Gasteiger partial charge in [0.05, 0.1) is 0 Å². The number of imidazole rings is 1. The van der Waals surface area contributed by atoms with Gasteiger partial charge < -0.3 is 29.0 Å². The van der Waals surface area contributed by atoms with Crippen LogP contribution in [0.2, 0.25) is 0 Å². The predicted molar refractivity (Wildman–Crippen MR) is 122 cm³/mol. The van der Waals surface area contributed by atoms with Gasteiger partial charge in [0.1, 0.15) is 11.4 Å². The van der Waals surface area contributed by atoms with E-state index in [1.165, 1.54) is 0 Å². The van der Waals surface area contributed by atoms with E-state index in [1.807, 2.05) is 54.5 Å². The molecule has 2 N–H and O–H groups in total. The summed E-state index contributed by atoms with van der Waals surface area (Å²) in [4.78, 5) is 38.2. The van der Waals surface area contributed by atoms with E-state index in [2.05, 4.69) is 14.5 Å². The van der Waals surface area contributed by atoms with Gasteiger partial charge in [-0.25, -0.2) is 4.98 Å². The Labute approximate surface area is 192 Å². The zero-order chi connectivity index (χ0) is 24.1. The van der Waals surface area contributed by atoms with E-state index < -0.39 is 0 Å². The van der Waals surface area contributed by atoms with E-state index in [0.717, 1.165) is 68.9 Å². The lowest BCUT2D eigenvalue weighted by Gasteiger charge is -2.21. The molecule has 1 saturated heterocycles. The minimum atomic E-state index is -0.250. The van der Waals surface area contributed by atoms with Gasteiger partial charge >= 0.3 is 0 Å². The summed E-state index contributed by atoms with van der Waals surface area (Å²) in [6, 6.07) is 9.62. The summed E-state index contributed by atoms with van der Waals surface area (Å²) in [5.74, 6) is 1.51. The SMILES string of the molecule is Cc1nccn1CCCN1CCCN(C(=O)c2cc3ccccc3o2)CC1.O=CO.O=CO. The zero-order valence-electron chi connectivity index (χ0n) is 18.7. The number of carbonyl (C=O) groups excluding carboxylic acids is 1. The maximum absolute atomic E-state index is 12.8. The lowest BCUT2D eigenvalue weighted by molar-refractivity contribution is -0.123. The van der Waals surface area contributed by atoms with E-state index in [1.54, 1.807) is 0 Å². The van der Waals surface area contributed by atoms with Crippen molar-refractivity contribution >= 4 is 29.8 Å². The van der Waals surface area contributed by atoms with Crippen LogP contribution in [0.25, 0.3) is 11.0 Å². The van der Waals surface area contributed by atoms with Crippen molar-refractivity contribution in [3.05, 3.63) is 54.3 Å². The summed E-state index contributed by atoms with van der Waals surface area (Å²) in [5, 5.41) is 14.8. The van der Waals surface area contributed by atoms with Gasteiger partial charge in [0.15, 0.2) is 5.76 Å². The van der Waals surface area contributed by atoms with Crippen LogP contribution in [0, 0.1) is 6.92 Å². The molecular formula is C23H30N4O6. The second-order valence-corrected chi connectivity index (χ2v) is 7.37. The third-order valence-electron chi connectivity index (χ3n) is 5.31. The molecule has 2 aromatic heterocycles. The summed E-state index contributed by atoms with van der Waals surface area (Å²) in [6.07, 6.45) is 5.97. The summed E-state index contributed by atoms with van der Waals surface area (Å²) in [6.45, 7) is 7.05. The van der Waals surface area contributed by atoms with Crippen molar-refractivity contribution in [2.75, 3.05) is 32.7 Å². The van der Waals surface area contributed by atoms with Gasteiger partial charge in [-0.1, -0.05) is 18.2 Å². The number of amides is 1. The number of aryl methyl sites for hydroxylation is 2. The molecule has 1 aliphatic heterocycles. The average molecular weight is 459 g/mol.